The highest BCUT2D eigenvalue weighted by Crippen LogP contribution is 2.50. The lowest BCUT2D eigenvalue weighted by atomic mass is 9.79. The lowest BCUT2D eigenvalue weighted by Crippen LogP contribution is -2.49. The van der Waals surface area contributed by atoms with Crippen molar-refractivity contribution in [3.05, 3.63) is 154 Å². The summed E-state index contributed by atoms with van der Waals surface area (Å²) >= 11 is 0. The predicted molar refractivity (Wildman–Crippen MR) is 183 cm³/mol. The molecule has 2 aliphatic heterocycles. The number of carbonyl (C=O) groups is 1. The number of amides is 1. The summed E-state index contributed by atoms with van der Waals surface area (Å²) in [5, 5.41) is 2.69. The molecule has 0 aliphatic carbocycles. The molecule has 2 bridgehead atoms. The van der Waals surface area contributed by atoms with Crippen LogP contribution in [0, 0.1) is 0 Å². The third-order valence-corrected chi connectivity index (χ3v) is 9.43. The summed E-state index contributed by atoms with van der Waals surface area (Å²) in [6.45, 7) is 2.12. The standard InChI is InChI=1S/C39H37N3O7/c1-26-38(24-33(48-26)36(49-38)42-23-22-34(41-37(42)44)40-35(43)27-10-6-4-7-11-27)25-47-39(28-12-8-5-9-13-28,29-14-18-31(45-2)19-15-29)30-16-20-32(46-3)21-17-30/h4-23,26,33,36H,24-25H2,1-3H3,(H,40,41,43,44). The molecule has 2 aliphatic rings. The summed E-state index contributed by atoms with van der Waals surface area (Å²) < 4.78 is 32.7. The maximum Gasteiger partial charge on any atom is 0.351 e. The molecule has 10 nitrogen and oxygen atoms in total. The molecule has 49 heavy (non-hydrogen) atoms. The zero-order valence-corrected chi connectivity index (χ0v) is 27.4. The lowest BCUT2D eigenvalue weighted by molar-refractivity contribution is -0.228. The maximum absolute atomic E-state index is 13.3. The van der Waals surface area contributed by atoms with E-state index in [0.717, 1.165) is 28.2 Å². The van der Waals surface area contributed by atoms with E-state index in [1.807, 2.05) is 91.9 Å². The van der Waals surface area contributed by atoms with Gasteiger partial charge in [0.15, 0.2) is 6.23 Å². The number of ether oxygens (including phenoxy) is 5. The van der Waals surface area contributed by atoms with Gasteiger partial charge in [-0.1, -0.05) is 72.8 Å². The minimum atomic E-state index is -1.05. The van der Waals surface area contributed by atoms with E-state index < -0.39 is 29.2 Å². The van der Waals surface area contributed by atoms with Crippen molar-refractivity contribution in [3.8, 4) is 11.5 Å². The van der Waals surface area contributed by atoms with Crippen molar-refractivity contribution >= 4 is 11.7 Å². The third-order valence-electron chi connectivity index (χ3n) is 9.43. The van der Waals surface area contributed by atoms with E-state index in [-0.39, 0.29) is 24.4 Å². The van der Waals surface area contributed by atoms with Gasteiger partial charge in [0.05, 0.1) is 26.9 Å². The Hall–Kier alpha value is -5.29. The number of benzene rings is 4. The summed E-state index contributed by atoms with van der Waals surface area (Å²) in [5.74, 6) is 1.25. The van der Waals surface area contributed by atoms with Crippen LogP contribution in [-0.4, -0.2) is 54.1 Å². The fourth-order valence-corrected chi connectivity index (χ4v) is 6.77. The molecule has 7 rings (SSSR count). The normalized spacial score (nSPS) is 21.3. The summed E-state index contributed by atoms with van der Waals surface area (Å²) in [4.78, 5) is 30.1. The topological polar surface area (TPSA) is 110 Å². The van der Waals surface area contributed by atoms with Gasteiger partial charge in [-0.25, -0.2) is 4.79 Å². The van der Waals surface area contributed by atoms with Crippen LogP contribution >= 0.6 is 0 Å². The molecule has 1 amide bonds. The van der Waals surface area contributed by atoms with Crippen molar-refractivity contribution in [1.29, 1.82) is 0 Å². The van der Waals surface area contributed by atoms with E-state index in [2.05, 4.69) is 10.3 Å². The van der Waals surface area contributed by atoms with Crippen LogP contribution in [0.5, 0.6) is 11.5 Å². The highest BCUT2D eigenvalue weighted by molar-refractivity contribution is 6.03. The molecule has 1 N–H and O–H groups in total. The van der Waals surface area contributed by atoms with E-state index in [0.29, 0.717) is 12.0 Å². The first-order valence-corrected chi connectivity index (χ1v) is 16.1. The van der Waals surface area contributed by atoms with Crippen LogP contribution in [0.4, 0.5) is 5.82 Å². The first-order chi connectivity index (χ1) is 23.8. The number of methoxy groups -OCH3 is 2. The highest BCUT2D eigenvalue weighted by Gasteiger charge is 2.60. The van der Waals surface area contributed by atoms with Gasteiger partial charge in [0.1, 0.15) is 34.6 Å². The number of nitrogens with zero attached hydrogens (tertiary/aromatic N) is 2. The molecule has 0 saturated carbocycles. The number of hydrogen-bond acceptors (Lipinski definition) is 8. The molecule has 2 saturated heterocycles. The number of rotatable bonds is 11. The van der Waals surface area contributed by atoms with Crippen LogP contribution < -0.4 is 20.5 Å². The average Bonchev–Trinajstić information content (AvgIpc) is 3.67. The van der Waals surface area contributed by atoms with Crippen LogP contribution in [0.15, 0.2) is 126 Å². The van der Waals surface area contributed by atoms with Gasteiger partial charge >= 0.3 is 5.69 Å². The predicted octanol–water partition coefficient (Wildman–Crippen LogP) is 5.97. The Kier molecular flexibility index (Phi) is 8.77. The van der Waals surface area contributed by atoms with Crippen molar-refractivity contribution in [2.75, 3.05) is 26.1 Å². The second-order valence-electron chi connectivity index (χ2n) is 12.2. The second kappa shape index (κ2) is 13.3. The van der Waals surface area contributed by atoms with E-state index in [1.165, 1.54) is 4.57 Å². The van der Waals surface area contributed by atoms with Gasteiger partial charge in [-0.05, 0) is 66.1 Å². The molecule has 1 aromatic heterocycles. The Bertz CT molecular complexity index is 1920. The van der Waals surface area contributed by atoms with E-state index in [4.69, 9.17) is 23.7 Å². The molecule has 4 unspecified atom stereocenters. The van der Waals surface area contributed by atoms with Crippen LogP contribution in [0.3, 0.4) is 0 Å². The maximum atomic E-state index is 13.3. The summed E-state index contributed by atoms with van der Waals surface area (Å²) in [7, 11) is 3.28. The third kappa shape index (κ3) is 5.99. The molecule has 0 spiro atoms. The smallest absolute Gasteiger partial charge is 0.351 e. The summed E-state index contributed by atoms with van der Waals surface area (Å²) in [6, 6.07) is 36.1. The Morgan fingerprint density at radius 2 is 1.43 bits per heavy atom. The van der Waals surface area contributed by atoms with Gasteiger partial charge < -0.3 is 29.0 Å². The van der Waals surface area contributed by atoms with Crippen molar-refractivity contribution in [2.45, 2.75) is 43.0 Å². The fraction of sp³-hybridized carbons (Fsp3) is 0.256. The fourth-order valence-electron chi connectivity index (χ4n) is 6.77. The van der Waals surface area contributed by atoms with Crippen molar-refractivity contribution in [3.63, 3.8) is 0 Å². The molecular formula is C39H37N3O7. The SMILES string of the molecule is COc1ccc(C(OCC23CC(OC2C)C(n2ccc(NC(=O)c4ccccc4)nc2=O)O3)(c2ccccc2)c2ccc(OC)cc2)cc1. The van der Waals surface area contributed by atoms with Crippen LogP contribution in [0.2, 0.25) is 0 Å². The number of hydrogen-bond donors (Lipinski definition) is 1. The van der Waals surface area contributed by atoms with Gasteiger partial charge in [0.25, 0.3) is 5.91 Å². The molecule has 3 heterocycles. The van der Waals surface area contributed by atoms with Crippen molar-refractivity contribution < 1.29 is 28.5 Å². The van der Waals surface area contributed by atoms with Crippen molar-refractivity contribution in [1.82, 2.24) is 9.55 Å². The van der Waals surface area contributed by atoms with Crippen molar-refractivity contribution in [2.24, 2.45) is 0 Å². The molecule has 2 fully saturated rings. The monoisotopic (exact) mass is 659 g/mol. The minimum Gasteiger partial charge on any atom is -0.497 e. The van der Waals surface area contributed by atoms with Gasteiger partial charge in [-0.3, -0.25) is 9.36 Å². The Morgan fingerprint density at radius 3 is 2.00 bits per heavy atom. The Morgan fingerprint density at radius 1 is 0.857 bits per heavy atom. The van der Waals surface area contributed by atoms with Gasteiger partial charge in [0, 0.05) is 18.2 Å². The molecule has 4 aromatic carbocycles. The number of carbonyl (C=O) groups excluding carboxylic acids is 1. The Labute approximate surface area is 284 Å². The molecule has 10 heteroatoms. The first kappa shape index (κ1) is 32.3. The largest absolute Gasteiger partial charge is 0.497 e. The van der Waals surface area contributed by atoms with E-state index in [1.54, 1.807) is 50.7 Å². The summed E-state index contributed by atoms with van der Waals surface area (Å²) in [6.07, 6.45) is 0.630. The molecule has 0 radical (unpaired) electrons. The lowest BCUT2D eigenvalue weighted by Gasteiger charge is -2.41. The average molecular weight is 660 g/mol. The Balaban J connectivity index is 1.20. The van der Waals surface area contributed by atoms with E-state index >= 15 is 0 Å². The van der Waals surface area contributed by atoms with Crippen LogP contribution in [-0.2, 0) is 19.8 Å². The van der Waals surface area contributed by atoms with Gasteiger partial charge in [-0.2, -0.15) is 4.98 Å². The number of nitrogens with one attached hydrogen (secondary N) is 1. The second-order valence-corrected chi connectivity index (χ2v) is 12.2. The van der Waals surface area contributed by atoms with E-state index in [9.17, 15) is 9.59 Å². The van der Waals surface area contributed by atoms with Gasteiger partial charge in [0.2, 0.25) is 0 Å². The zero-order chi connectivity index (χ0) is 34.0. The highest BCUT2D eigenvalue weighted by atomic mass is 16.6. The molecule has 4 atom stereocenters. The summed E-state index contributed by atoms with van der Waals surface area (Å²) in [5.41, 5.74) is 0.696. The number of aromatic nitrogens is 2. The van der Waals surface area contributed by atoms with Crippen LogP contribution in [0.1, 0.15) is 46.6 Å². The molecular weight excluding hydrogens is 622 g/mol. The van der Waals surface area contributed by atoms with Crippen LogP contribution in [0.25, 0.3) is 0 Å². The number of anilines is 1. The minimum absolute atomic E-state index is 0.150. The first-order valence-electron chi connectivity index (χ1n) is 16.1. The van der Waals surface area contributed by atoms with Gasteiger partial charge in [-0.15, -0.1) is 0 Å². The molecule has 5 aromatic rings. The zero-order valence-electron chi connectivity index (χ0n) is 27.4. The number of fused-ring (bicyclic) bond motifs is 2. The quantitative estimate of drug-likeness (QED) is 0.173. The molecule has 250 valence electrons.